The monoisotopic (exact) mass is 642 g/mol. The van der Waals surface area contributed by atoms with Crippen molar-refractivity contribution in [1.29, 1.82) is 0 Å². The lowest BCUT2D eigenvalue weighted by molar-refractivity contribution is -0.214. The lowest BCUT2D eigenvalue weighted by Crippen LogP contribution is -2.44. The highest BCUT2D eigenvalue weighted by Gasteiger charge is 2.42. The van der Waals surface area contributed by atoms with E-state index >= 15 is 0 Å². The molecule has 1 N–H and O–H groups in total. The maximum atomic E-state index is 15.0. The molecule has 0 radical (unpaired) electrons. The fourth-order valence-corrected chi connectivity index (χ4v) is 4.17. The standard InChI is InChI=1S/C23H14Cl3F9N2O3/c24-14-4-10(5-15(25)18(14)26)12(19(28)29)6-16(27)9-1-2-11(13(3-9)23(33,34)35)20(38)36-17-7-40-37(21(17)39)8-22(30,31)32/h1-6,12,17,19H,7-8H2,(H,36,38)/b16-6-. The van der Waals surface area contributed by atoms with Gasteiger partial charge >= 0.3 is 12.4 Å². The highest BCUT2D eigenvalue weighted by molar-refractivity contribution is 6.48. The van der Waals surface area contributed by atoms with Crippen LogP contribution in [0, 0.1) is 0 Å². The van der Waals surface area contributed by atoms with Crippen LogP contribution < -0.4 is 5.32 Å². The van der Waals surface area contributed by atoms with Crippen LogP contribution in [0.2, 0.25) is 15.1 Å². The molecule has 40 heavy (non-hydrogen) atoms. The third-order valence-corrected chi connectivity index (χ3v) is 6.60. The fourth-order valence-electron chi connectivity index (χ4n) is 3.56. The smallest absolute Gasteiger partial charge is 0.338 e. The van der Waals surface area contributed by atoms with E-state index in [1.165, 1.54) is 0 Å². The molecule has 0 aliphatic carbocycles. The highest BCUT2D eigenvalue weighted by Crippen LogP contribution is 2.39. The molecule has 0 saturated carbocycles. The predicted molar refractivity (Wildman–Crippen MR) is 126 cm³/mol. The number of benzene rings is 2. The first-order chi connectivity index (χ1) is 18.4. The molecule has 2 aromatic rings. The average Bonchev–Trinajstić information content (AvgIpc) is 3.16. The summed E-state index contributed by atoms with van der Waals surface area (Å²) in [6.45, 7) is -2.61. The third kappa shape index (κ3) is 7.53. The summed E-state index contributed by atoms with van der Waals surface area (Å²) in [5, 5.41) is 1.12. The molecule has 5 nitrogen and oxygen atoms in total. The molecule has 0 spiro atoms. The number of hydrogen-bond donors (Lipinski definition) is 1. The Hall–Kier alpha value is -2.68. The molecule has 17 heteroatoms. The lowest BCUT2D eigenvalue weighted by atomic mass is 9.96. The number of hydroxylamine groups is 2. The Balaban J connectivity index is 1.91. The van der Waals surface area contributed by atoms with E-state index in [1.807, 2.05) is 5.32 Å². The maximum Gasteiger partial charge on any atom is 0.417 e. The number of carbonyl (C=O) groups is 2. The topological polar surface area (TPSA) is 58.6 Å². The number of rotatable bonds is 7. The first-order valence-corrected chi connectivity index (χ1v) is 11.9. The first kappa shape index (κ1) is 31.8. The zero-order chi connectivity index (χ0) is 30.2. The molecule has 1 fully saturated rings. The van der Waals surface area contributed by atoms with Gasteiger partial charge in [-0.25, -0.2) is 18.2 Å². The molecule has 1 heterocycles. The van der Waals surface area contributed by atoms with Gasteiger partial charge in [-0.05, 0) is 35.9 Å². The number of alkyl halides is 8. The van der Waals surface area contributed by atoms with E-state index in [0.29, 0.717) is 18.2 Å². The molecule has 2 aromatic carbocycles. The van der Waals surface area contributed by atoms with Gasteiger partial charge in [-0.3, -0.25) is 14.4 Å². The van der Waals surface area contributed by atoms with Gasteiger partial charge in [-0.1, -0.05) is 40.9 Å². The van der Waals surface area contributed by atoms with Gasteiger partial charge < -0.3 is 5.32 Å². The zero-order valence-electron chi connectivity index (χ0n) is 19.3. The second-order valence-electron chi connectivity index (χ2n) is 8.24. The minimum absolute atomic E-state index is 0.0979. The van der Waals surface area contributed by atoms with E-state index in [1.54, 1.807) is 0 Å². The molecule has 1 aliphatic heterocycles. The van der Waals surface area contributed by atoms with Crippen LogP contribution in [0.4, 0.5) is 39.5 Å². The van der Waals surface area contributed by atoms with Crippen LogP contribution >= 0.6 is 34.8 Å². The lowest BCUT2D eigenvalue weighted by Gasteiger charge is -2.18. The van der Waals surface area contributed by atoms with Crippen molar-refractivity contribution in [3.05, 3.63) is 73.7 Å². The highest BCUT2D eigenvalue weighted by atomic mass is 35.5. The van der Waals surface area contributed by atoms with Crippen molar-refractivity contribution in [3.63, 3.8) is 0 Å². The van der Waals surface area contributed by atoms with Crippen LogP contribution in [0.1, 0.15) is 33.0 Å². The second kappa shape index (κ2) is 12.0. The largest absolute Gasteiger partial charge is 0.417 e. The van der Waals surface area contributed by atoms with Gasteiger partial charge in [-0.15, -0.1) is 0 Å². The number of allylic oxidation sites excluding steroid dienone is 1. The number of nitrogens with one attached hydrogen (secondary N) is 1. The molecular formula is C23H14Cl3F9N2O3. The Morgan fingerprint density at radius 2 is 1.68 bits per heavy atom. The summed E-state index contributed by atoms with van der Waals surface area (Å²) in [5.41, 5.74) is -3.96. The molecular weight excluding hydrogens is 630 g/mol. The van der Waals surface area contributed by atoms with E-state index in [2.05, 4.69) is 4.84 Å². The Bertz CT molecular complexity index is 1310. The maximum absolute atomic E-state index is 15.0. The quantitative estimate of drug-likeness (QED) is 0.252. The van der Waals surface area contributed by atoms with Gasteiger partial charge in [-0.2, -0.15) is 26.3 Å². The summed E-state index contributed by atoms with van der Waals surface area (Å²) in [6.07, 6.45) is -13.0. The summed E-state index contributed by atoms with van der Waals surface area (Å²) in [4.78, 5) is 29.1. The molecule has 3 rings (SSSR count). The van der Waals surface area contributed by atoms with Crippen LogP contribution in [0.15, 0.2) is 36.4 Å². The summed E-state index contributed by atoms with van der Waals surface area (Å²) in [7, 11) is 0. The number of hydrogen-bond acceptors (Lipinski definition) is 3. The normalized spacial score (nSPS) is 17.5. The molecule has 1 saturated heterocycles. The number of carbonyl (C=O) groups excluding carboxylic acids is 2. The van der Waals surface area contributed by atoms with E-state index < -0.39 is 78.2 Å². The minimum Gasteiger partial charge on any atom is -0.338 e. The SMILES string of the molecule is O=C(NC1CON(CC(F)(F)F)C1=O)c1ccc(/C(F)=C/C(c2cc(Cl)c(Cl)c(Cl)c2)C(F)F)cc1C(F)(F)F. The fraction of sp³-hybridized carbons (Fsp3) is 0.304. The van der Waals surface area contributed by atoms with Crippen LogP contribution in [0.25, 0.3) is 5.83 Å². The molecule has 0 bridgehead atoms. The molecule has 0 aromatic heterocycles. The average molecular weight is 644 g/mol. The van der Waals surface area contributed by atoms with Gasteiger partial charge in [0.05, 0.1) is 32.1 Å². The Kier molecular flexibility index (Phi) is 9.59. The van der Waals surface area contributed by atoms with E-state index in [4.69, 9.17) is 34.8 Å². The van der Waals surface area contributed by atoms with Crippen LogP contribution in [-0.2, 0) is 15.8 Å². The van der Waals surface area contributed by atoms with Crippen molar-refractivity contribution in [2.45, 2.75) is 30.7 Å². The van der Waals surface area contributed by atoms with Crippen LogP contribution in [-0.4, -0.2) is 48.7 Å². The van der Waals surface area contributed by atoms with Crippen molar-refractivity contribution in [2.75, 3.05) is 13.2 Å². The number of halogens is 12. The van der Waals surface area contributed by atoms with Crippen LogP contribution in [0.5, 0.6) is 0 Å². The molecule has 2 amide bonds. The van der Waals surface area contributed by atoms with Gasteiger partial charge in [0, 0.05) is 5.56 Å². The number of amides is 2. The molecule has 218 valence electrons. The van der Waals surface area contributed by atoms with Gasteiger partial charge in [0.25, 0.3) is 11.8 Å². The summed E-state index contributed by atoms with van der Waals surface area (Å²) in [5.74, 6) is -6.43. The molecule has 2 atom stereocenters. The Morgan fingerprint density at radius 3 is 2.20 bits per heavy atom. The van der Waals surface area contributed by atoms with Gasteiger partial charge in [0.15, 0.2) is 0 Å². The Morgan fingerprint density at radius 1 is 1.07 bits per heavy atom. The van der Waals surface area contributed by atoms with E-state index in [-0.39, 0.29) is 31.8 Å². The third-order valence-electron chi connectivity index (χ3n) is 5.40. The predicted octanol–water partition coefficient (Wildman–Crippen LogP) is 7.46. The zero-order valence-corrected chi connectivity index (χ0v) is 21.6. The second-order valence-corrected chi connectivity index (χ2v) is 9.44. The van der Waals surface area contributed by atoms with E-state index in [0.717, 1.165) is 12.1 Å². The van der Waals surface area contributed by atoms with E-state index in [9.17, 15) is 49.1 Å². The Labute approximate surface area is 234 Å². The van der Waals surface area contributed by atoms with Crippen molar-refractivity contribution < 1.29 is 53.9 Å². The van der Waals surface area contributed by atoms with Crippen molar-refractivity contribution in [3.8, 4) is 0 Å². The van der Waals surface area contributed by atoms with Gasteiger partial charge in [0.1, 0.15) is 25.0 Å². The summed E-state index contributed by atoms with van der Waals surface area (Å²) < 4.78 is 121. The van der Waals surface area contributed by atoms with Crippen molar-refractivity contribution in [1.82, 2.24) is 10.4 Å². The summed E-state index contributed by atoms with van der Waals surface area (Å²) in [6, 6.07) is 1.60. The minimum atomic E-state index is -5.28. The van der Waals surface area contributed by atoms with Crippen molar-refractivity contribution >= 4 is 52.4 Å². The first-order valence-electron chi connectivity index (χ1n) is 10.7. The molecule has 1 aliphatic rings. The van der Waals surface area contributed by atoms with Crippen LogP contribution in [0.3, 0.4) is 0 Å². The number of nitrogens with zero attached hydrogens (tertiary/aromatic N) is 1. The van der Waals surface area contributed by atoms with Gasteiger partial charge in [0.2, 0.25) is 6.43 Å². The van der Waals surface area contributed by atoms with Crippen molar-refractivity contribution in [2.24, 2.45) is 0 Å². The molecule has 2 unspecified atom stereocenters. The summed E-state index contributed by atoms with van der Waals surface area (Å²) >= 11 is 17.4.